The van der Waals surface area contributed by atoms with Crippen LogP contribution in [0.25, 0.3) is 0 Å². The van der Waals surface area contributed by atoms with E-state index in [1.165, 1.54) is 14.0 Å². The number of hydrogen-bond acceptors (Lipinski definition) is 6. The van der Waals surface area contributed by atoms with E-state index in [1.54, 1.807) is 13.8 Å². The number of methoxy groups -OCH3 is 1. The quantitative estimate of drug-likeness (QED) is 0.534. The van der Waals surface area contributed by atoms with Crippen molar-refractivity contribution < 1.29 is 28.6 Å². The zero-order chi connectivity index (χ0) is 13.9. The number of carbonyl (C=O) groups excluding carboxylic acids is 3. The van der Waals surface area contributed by atoms with Crippen molar-refractivity contribution in [1.29, 1.82) is 0 Å². The van der Waals surface area contributed by atoms with Gasteiger partial charge in [-0.25, -0.2) is 0 Å². The number of rotatable bonds is 4. The van der Waals surface area contributed by atoms with Crippen LogP contribution in [0, 0.1) is 11.8 Å². The molecule has 1 aliphatic rings. The predicted octanol–water partition coefficient (Wildman–Crippen LogP) is 0.330. The summed E-state index contributed by atoms with van der Waals surface area (Å²) < 4.78 is 15.7. The first-order valence-electron chi connectivity index (χ1n) is 5.73. The molecule has 0 bridgehead atoms. The molecule has 6 nitrogen and oxygen atoms in total. The molecule has 0 aromatic heterocycles. The Balaban J connectivity index is 3.09. The van der Waals surface area contributed by atoms with Gasteiger partial charge in [-0.15, -0.1) is 0 Å². The number of esters is 1. The average Bonchev–Trinajstić information content (AvgIpc) is 2.35. The number of hydrogen-bond donors (Lipinski definition) is 0. The molecule has 1 saturated heterocycles. The fraction of sp³-hybridized carbons (Fsp3) is 0.750. The van der Waals surface area contributed by atoms with Gasteiger partial charge in [0.2, 0.25) is 5.79 Å². The summed E-state index contributed by atoms with van der Waals surface area (Å²) in [7, 11) is 1.31. The van der Waals surface area contributed by atoms with Crippen molar-refractivity contribution in [1.82, 2.24) is 0 Å². The largest absolute Gasteiger partial charge is 0.462 e. The van der Waals surface area contributed by atoms with Crippen molar-refractivity contribution >= 4 is 18.5 Å². The van der Waals surface area contributed by atoms with Gasteiger partial charge < -0.3 is 19.0 Å². The first-order chi connectivity index (χ1) is 8.41. The van der Waals surface area contributed by atoms with Crippen molar-refractivity contribution in [3.8, 4) is 0 Å². The summed E-state index contributed by atoms with van der Waals surface area (Å²) in [5.74, 6) is -2.88. The fourth-order valence-electron chi connectivity index (χ4n) is 2.27. The Morgan fingerprint density at radius 2 is 1.94 bits per heavy atom. The molecule has 1 heterocycles. The molecule has 0 amide bonds. The van der Waals surface area contributed by atoms with Gasteiger partial charge in [-0.1, -0.05) is 13.8 Å². The third kappa shape index (κ3) is 2.44. The van der Waals surface area contributed by atoms with E-state index in [4.69, 9.17) is 14.2 Å². The van der Waals surface area contributed by atoms with Gasteiger partial charge in [-0.3, -0.25) is 9.59 Å². The highest BCUT2D eigenvalue weighted by atomic mass is 16.7. The molecule has 1 rings (SSSR count). The maximum Gasteiger partial charge on any atom is 0.302 e. The number of carbonyl (C=O) groups is 3. The molecular formula is C12H18O6. The van der Waals surface area contributed by atoms with Crippen LogP contribution in [0.1, 0.15) is 20.8 Å². The molecule has 0 spiro atoms. The molecule has 0 aromatic rings. The second-order valence-corrected chi connectivity index (χ2v) is 4.48. The van der Waals surface area contributed by atoms with Gasteiger partial charge in [0.05, 0.1) is 5.92 Å². The average molecular weight is 258 g/mol. The lowest BCUT2D eigenvalue weighted by atomic mass is 9.81. The van der Waals surface area contributed by atoms with Crippen LogP contribution in [0.2, 0.25) is 0 Å². The van der Waals surface area contributed by atoms with Gasteiger partial charge >= 0.3 is 5.97 Å². The Morgan fingerprint density at radius 1 is 1.33 bits per heavy atom. The normalized spacial score (nSPS) is 40.0. The molecule has 1 aliphatic heterocycles. The van der Waals surface area contributed by atoms with Crippen LogP contribution in [-0.2, 0) is 28.6 Å². The summed E-state index contributed by atoms with van der Waals surface area (Å²) in [4.78, 5) is 33.3. The van der Waals surface area contributed by atoms with Crippen LogP contribution in [0.5, 0.6) is 0 Å². The molecule has 0 N–H and O–H groups in total. The van der Waals surface area contributed by atoms with E-state index in [9.17, 15) is 14.4 Å². The molecule has 6 heteroatoms. The minimum Gasteiger partial charge on any atom is -0.462 e. The number of aldehydes is 2. The molecule has 0 unspecified atom stereocenters. The van der Waals surface area contributed by atoms with Crippen molar-refractivity contribution in [2.24, 2.45) is 11.8 Å². The summed E-state index contributed by atoms with van der Waals surface area (Å²) in [6.07, 6.45) is -0.381. The Bertz CT molecular complexity index is 341. The number of ether oxygens (including phenoxy) is 3. The third-order valence-corrected chi connectivity index (χ3v) is 3.40. The highest BCUT2D eigenvalue weighted by Gasteiger charge is 2.53. The van der Waals surface area contributed by atoms with E-state index >= 15 is 0 Å². The summed E-state index contributed by atoms with van der Waals surface area (Å²) in [6.45, 7) is 4.69. The monoisotopic (exact) mass is 258 g/mol. The van der Waals surface area contributed by atoms with Crippen molar-refractivity contribution in [2.75, 3.05) is 7.11 Å². The predicted molar refractivity (Wildman–Crippen MR) is 60.6 cm³/mol. The minimum absolute atomic E-state index is 0.343. The van der Waals surface area contributed by atoms with Crippen LogP contribution < -0.4 is 0 Å². The van der Waals surface area contributed by atoms with E-state index in [1.807, 2.05) is 0 Å². The molecule has 0 aliphatic carbocycles. The molecule has 5 atom stereocenters. The summed E-state index contributed by atoms with van der Waals surface area (Å²) in [6, 6.07) is 0. The highest BCUT2D eigenvalue weighted by molar-refractivity contribution is 5.68. The Morgan fingerprint density at radius 3 is 2.33 bits per heavy atom. The molecule has 18 heavy (non-hydrogen) atoms. The molecule has 0 aromatic carbocycles. The Hall–Kier alpha value is -1.27. The van der Waals surface area contributed by atoms with Crippen LogP contribution in [0.4, 0.5) is 0 Å². The third-order valence-electron chi connectivity index (χ3n) is 3.40. The van der Waals surface area contributed by atoms with Crippen molar-refractivity contribution in [3.05, 3.63) is 0 Å². The lowest BCUT2D eigenvalue weighted by Gasteiger charge is -2.46. The van der Waals surface area contributed by atoms with Gasteiger partial charge in [-0.2, -0.15) is 0 Å². The topological polar surface area (TPSA) is 78.9 Å². The molecule has 102 valence electrons. The lowest BCUT2D eigenvalue weighted by Crippen LogP contribution is -2.60. The highest BCUT2D eigenvalue weighted by Crippen LogP contribution is 2.38. The van der Waals surface area contributed by atoms with E-state index in [-0.39, 0.29) is 5.92 Å². The molecule has 1 fully saturated rings. The van der Waals surface area contributed by atoms with Gasteiger partial charge in [0, 0.05) is 20.0 Å². The van der Waals surface area contributed by atoms with E-state index < -0.39 is 29.9 Å². The second kappa shape index (κ2) is 5.58. The summed E-state index contributed by atoms with van der Waals surface area (Å²) in [5.41, 5.74) is 0. The standard InChI is InChI=1S/C12H18O6/c1-7-10(5-13)18-12(6-14,16-4)8(2)11(7)17-9(3)15/h5-8,10-11H,1-4H3/t7-,8-,10+,11-,12-/m1/s1. The molecular weight excluding hydrogens is 240 g/mol. The first-order valence-corrected chi connectivity index (χ1v) is 5.73. The van der Waals surface area contributed by atoms with Gasteiger partial charge in [0.15, 0.2) is 6.29 Å². The minimum atomic E-state index is -1.56. The Kier molecular flexibility index (Phi) is 4.59. The van der Waals surface area contributed by atoms with E-state index in [2.05, 4.69) is 0 Å². The van der Waals surface area contributed by atoms with Crippen LogP contribution in [0.3, 0.4) is 0 Å². The van der Waals surface area contributed by atoms with Crippen LogP contribution in [0.15, 0.2) is 0 Å². The second-order valence-electron chi connectivity index (χ2n) is 4.48. The molecule has 0 saturated carbocycles. The zero-order valence-electron chi connectivity index (χ0n) is 10.9. The van der Waals surface area contributed by atoms with Gasteiger partial charge in [0.25, 0.3) is 0 Å². The van der Waals surface area contributed by atoms with Crippen LogP contribution >= 0.6 is 0 Å². The van der Waals surface area contributed by atoms with Gasteiger partial charge in [0.1, 0.15) is 18.5 Å². The zero-order valence-corrected chi connectivity index (χ0v) is 10.9. The van der Waals surface area contributed by atoms with Crippen LogP contribution in [-0.4, -0.2) is 43.6 Å². The summed E-state index contributed by atoms with van der Waals surface area (Å²) in [5, 5.41) is 0. The lowest BCUT2D eigenvalue weighted by molar-refractivity contribution is -0.295. The van der Waals surface area contributed by atoms with E-state index in [0.29, 0.717) is 12.6 Å². The van der Waals surface area contributed by atoms with Crippen molar-refractivity contribution in [3.63, 3.8) is 0 Å². The molecule has 0 radical (unpaired) electrons. The smallest absolute Gasteiger partial charge is 0.302 e. The maximum atomic E-state index is 11.2. The van der Waals surface area contributed by atoms with Gasteiger partial charge in [-0.05, 0) is 0 Å². The summed E-state index contributed by atoms with van der Waals surface area (Å²) >= 11 is 0. The fourth-order valence-corrected chi connectivity index (χ4v) is 2.27. The maximum absolute atomic E-state index is 11.2. The van der Waals surface area contributed by atoms with E-state index in [0.717, 1.165) is 0 Å². The Labute approximate surface area is 106 Å². The first kappa shape index (κ1) is 14.8. The van der Waals surface area contributed by atoms with Crippen molar-refractivity contribution in [2.45, 2.75) is 38.8 Å². The SMILES string of the molecule is CO[C@]1(C=O)O[C@@H](C=O)[C@@H](C)[C@@H](OC(C)=O)[C@H]1C.